The van der Waals surface area contributed by atoms with Crippen LogP contribution >= 0.6 is 23.2 Å². The second-order valence-electron chi connectivity index (χ2n) is 6.80. The van der Waals surface area contributed by atoms with Crippen LogP contribution in [0.2, 0.25) is 10.0 Å². The van der Waals surface area contributed by atoms with Gasteiger partial charge in [0.2, 0.25) is 5.95 Å². The molecule has 7 nitrogen and oxygen atoms in total. The van der Waals surface area contributed by atoms with Crippen LogP contribution in [-0.4, -0.2) is 34.7 Å². The predicted molar refractivity (Wildman–Crippen MR) is 115 cm³/mol. The first-order valence-corrected chi connectivity index (χ1v) is 10.5. The van der Waals surface area contributed by atoms with Crippen molar-refractivity contribution in [3.05, 3.63) is 57.0 Å². The largest absolute Gasteiger partial charge is 0.462 e. The van der Waals surface area contributed by atoms with Crippen LogP contribution in [0, 0.1) is 0 Å². The quantitative estimate of drug-likeness (QED) is 0.471. The van der Waals surface area contributed by atoms with E-state index in [1.54, 1.807) is 42.8 Å². The molecule has 0 radical (unpaired) electrons. The third kappa shape index (κ3) is 4.47. The number of ether oxygens (including phenoxy) is 2. The molecular formula is C21H23Cl2N3O4. The van der Waals surface area contributed by atoms with Crippen molar-refractivity contribution in [2.45, 2.75) is 39.7 Å². The van der Waals surface area contributed by atoms with E-state index in [1.807, 2.05) is 6.92 Å². The van der Waals surface area contributed by atoms with Crippen molar-refractivity contribution in [2.75, 3.05) is 18.5 Å². The van der Waals surface area contributed by atoms with E-state index in [4.69, 9.17) is 32.7 Å². The number of halogens is 2. The third-order valence-corrected chi connectivity index (χ3v) is 5.24. The van der Waals surface area contributed by atoms with Gasteiger partial charge >= 0.3 is 11.9 Å². The van der Waals surface area contributed by atoms with Crippen LogP contribution in [0.4, 0.5) is 5.95 Å². The molecule has 2 heterocycles. The molecule has 1 N–H and O–H groups in total. The molecule has 1 atom stereocenters. The molecule has 160 valence electrons. The lowest BCUT2D eigenvalue weighted by molar-refractivity contribution is -0.139. The zero-order valence-corrected chi connectivity index (χ0v) is 18.5. The molecule has 1 unspecified atom stereocenters. The van der Waals surface area contributed by atoms with E-state index in [0.29, 0.717) is 39.4 Å². The van der Waals surface area contributed by atoms with Gasteiger partial charge in [-0.05, 0) is 38.0 Å². The van der Waals surface area contributed by atoms with E-state index in [0.717, 1.165) is 12.8 Å². The molecular weight excluding hydrogens is 429 g/mol. The van der Waals surface area contributed by atoms with Gasteiger partial charge in [-0.1, -0.05) is 42.6 Å². The average molecular weight is 452 g/mol. The summed E-state index contributed by atoms with van der Waals surface area (Å²) >= 11 is 12.6. The maximum Gasteiger partial charge on any atom is 0.358 e. The molecule has 1 aromatic heterocycles. The van der Waals surface area contributed by atoms with Gasteiger partial charge in [0, 0.05) is 21.9 Å². The first kappa shape index (κ1) is 22.2. The SMILES string of the molecule is CCCCOC(=O)C1=C(C)Nc2nc(C(=O)OCC)cn2C1c1ccc(Cl)cc1Cl. The maximum absolute atomic E-state index is 13.0. The van der Waals surface area contributed by atoms with Crippen LogP contribution in [0.15, 0.2) is 35.7 Å². The lowest BCUT2D eigenvalue weighted by Crippen LogP contribution is -2.29. The highest BCUT2D eigenvalue weighted by Gasteiger charge is 2.36. The highest BCUT2D eigenvalue weighted by Crippen LogP contribution is 2.40. The molecule has 0 bridgehead atoms. The molecule has 0 saturated heterocycles. The topological polar surface area (TPSA) is 82.4 Å². The lowest BCUT2D eigenvalue weighted by atomic mass is 9.95. The van der Waals surface area contributed by atoms with Gasteiger partial charge in [-0.2, -0.15) is 0 Å². The van der Waals surface area contributed by atoms with Crippen LogP contribution in [0.5, 0.6) is 0 Å². The first-order valence-electron chi connectivity index (χ1n) is 9.73. The van der Waals surface area contributed by atoms with Crippen LogP contribution < -0.4 is 5.32 Å². The number of carbonyl (C=O) groups is 2. The highest BCUT2D eigenvalue weighted by molar-refractivity contribution is 6.35. The molecule has 0 fully saturated rings. The summed E-state index contributed by atoms with van der Waals surface area (Å²) in [6.45, 7) is 6.05. The minimum absolute atomic E-state index is 0.128. The van der Waals surface area contributed by atoms with Gasteiger partial charge in [0.1, 0.15) is 0 Å². The van der Waals surface area contributed by atoms with E-state index in [2.05, 4.69) is 10.3 Å². The van der Waals surface area contributed by atoms with Gasteiger partial charge in [-0.3, -0.25) is 0 Å². The summed E-state index contributed by atoms with van der Waals surface area (Å²) in [6, 6.07) is 4.42. The number of aromatic nitrogens is 2. The third-order valence-electron chi connectivity index (χ3n) is 4.68. The minimum atomic E-state index is -0.643. The van der Waals surface area contributed by atoms with Gasteiger partial charge < -0.3 is 19.4 Å². The second-order valence-corrected chi connectivity index (χ2v) is 7.64. The molecule has 2 aromatic rings. The molecule has 0 aliphatic carbocycles. The number of hydrogen-bond acceptors (Lipinski definition) is 6. The Morgan fingerprint density at radius 1 is 1.20 bits per heavy atom. The summed E-state index contributed by atoms with van der Waals surface area (Å²) in [4.78, 5) is 29.5. The normalized spacial score (nSPS) is 15.4. The predicted octanol–water partition coefficient (Wildman–Crippen LogP) is 5.00. The molecule has 3 rings (SSSR count). The molecule has 0 amide bonds. The molecule has 9 heteroatoms. The van der Waals surface area contributed by atoms with Crippen molar-refractivity contribution in [2.24, 2.45) is 0 Å². The summed E-state index contributed by atoms with van der Waals surface area (Å²) in [6.07, 6.45) is 3.22. The number of fused-ring (bicyclic) bond motifs is 1. The van der Waals surface area contributed by atoms with Crippen molar-refractivity contribution in [3.63, 3.8) is 0 Å². The molecule has 1 aromatic carbocycles. The number of hydrogen-bond donors (Lipinski definition) is 1. The number of benzene rings is 1. The molecule has 1 aliphatic heterocycles. The standard InChI is InChI=1S/C21H23Cl2N3O4/c1-4-6-9-30-20(28)17-12(3)24-21-25-16(19(27)29-5-2)11-26(21)18(17)14-8-7-13(22)10-15(14)23/h7-8,10-11,18H,4-6,9H2,1-3H3,(H,24,25). The maximum atomic E-state index is 13.0. The Morgan fingerprint density at radius 3 is 2.63 bits per heavy atom. The number of carbonyl (C=O) groups excluding carboxylic acids is 2. The Morgan fingerprint density at radius 2 is 1.97 bits per heavy atom. The fourth-order valence-corrected chi connectivity index (χ4v) is 3.76. The van der Waals surface area contributed by atoms with Crippen molar-refractivity contribution < 1.29 is 19.1 Å². The van der Waals surface area contributed by atoms with Crippen molar-refractivity contribution >= 4 is 41.1 Å². The summed E-state index contributed by atoms with van der Waals surface area (Å²) in [7, 11) is 0. The van der Waals surface area contributed by atoms with Gasteiger partial charge in [-0.15, -0.1) is 0 Å². The first-order chi connectivity index (χ1) is 14.4. The smallest absolute Gasteiger partial charge is 0.358 e. The Bertz CT molecular complexity index is 1000. The van der Waals surface area contributed by atoms with Crippen LogP contribution in [-0.2, 0) is 14.3 Å². The monoisotopic (exact) mass is 451 g/mol. The van der Waals surface area contributed by atoms with Crippen LogP contribution in [0.3, 0.4) is 0 Å². The Kier molecular flexibility index (Phi) is 7.05. The number of imidazole rings is 1. The second kappa shape index (κ2) is 9.53. The number of nitrogens with one attached hydrogen (secondary N) is 1. The average Bonchev–Trinajstić information content (AvgIpc) is 3.11. The van der Waals surface area contributed by atoms with Gasteiger partial charge in [0.15, 0.2) is 5.69 Å². The molecule has 1 aliphatic rings. The van der Waals surface area contributed by atoms with Gasteiger partial charge in [0.25, 0.3) is 0 Å². The van der Waals surface area contributed by atoms with E-state index < -0.39 is 18.0 Å². The molecule has 0 spiro atoms. The summed E-state index contributed by atoms with van der Waals surface area (Å²) in [5.74, 6) is -0.606. The summed E-state index contributed by atoms with van der Waals surface area (Å²) in [5.41, 5.74) is 1.72. The van der Waals surface area contributed by atoms with E-state index in [1.165, 1.54) is 0 Å². The lowest BCUT2D eigenvalue weighted by Gasteiger charge is -2.30. The zero-order valence-electron chi connectivity index (χ0n) is 17.0. The number of esters is 2. The number of anilines is 1. The van der Waals surface area contributed by atoms with Crippen LogP contribution in [0.25, 0.3) is 0 Å². The van der Waals surface area contributed by atoms with Crippen LogP contribution in [0.1, 0.15) is 55.7 Å². The number of nitrogens with zero attached hydrogens (tertiary/aromatic N) is 2. The summed E-state index contributed by atoms with van der Waals surface area (Å²) in [5, 5.41) is 3.95. The zero-order chi connectivity index (χ0) is 21.8. The van der Waals surface area contributed by atoms with Crippen molar-refractivity contribution in [1.29, 1.82) is 0 Å². The van der Waals surface area contributed by atoms with Crippen molar-refractivity contribution in [1.82, 2.24) is 9.55 Å². The number of unbranched alkanes of at least 4 members (excludes halogenated alkanes) is 1. The van der Waals surface area contributed by atoms with E-state index in [9.17, 15) is 9.59 Å². The fraction of sp³-hybridized carbons (Fsp3) is 0.381. The van der Waals surface area contributed by atoms with Gasteiger partial charge in [-0.25, -0.2) is 14.6 Å². The Labute approximate surface area is 185 Å². The van der Waals surface area contributed by atoms with E-state index in [-0.39, 0.29) is 12.3 Å². The highest BCUT2D eigenvalue weighted by atomic mass is 35.5. The van der Waals surface area contributed by atoms with Gasteiger partial charge in [0.05, 0.1) is 24.8 Å². The number of rotatable bonds is 7. The Hall–Kier alpha value is -2.51. The van der Waals surface area contributed by atoms with Crippen molar-refractivity contribution in [3.8, 4) is 0 Å². The minimum Gasteiger partial charge on any atom is -0.462 e. The summed E-state index contributed by atoms with van der Waals surface area (Å²) < 4.78 is 12.2. The molecule has 0 saturated carbocycles. The van der Waals surface area contributed by atoms with E-state index >= 15 is 0 Å². The Balaban J connectivity index is 2.10. The molecule has 30 heavy (non-hydrogen) atoms. The fourth-order valence-electron chi connectivity index (χ4n) is 3.25. The number of allylic oxidation sites excluding steroid dienone is 1.